The van der Waals surface area contributed by atoms with Gasteiger partial charge < -0.3 is 10.1 Å². The molecule has 3 nitrogen and oxygen atoms in total. The van der Waals surface area contributed by atoms with Crippen LogP contribution in [0.2, 0.25) is 0 Å². The maximum atomic E-state index is 12.2. The Morgan fingerprint density at radius 3 is 2.29 bits per heavy atom. The molecule has 0 fully saturated rings. The van der Waals surface area contributed by atoms with Gasteiger partial charge in [-0.1, -0.05) is 29.8 Å². The Labute approximate surface area is 126 Å². The van der Waals surface area contributed by atoms with Crippen LogP contribution in [-0.2, 0) is 0 Å². The number of hydrogen-bond acceptors (Lipinski definition) is 2. The van der Waals surface area contributed by atoms with Gasteiger partial charge in [-0.3, -0.25) is 4.79 Å². The number of carbonyl (C=O) groups excluding carboxylic acids is 1. The van der Waals surface area contributed by atoms with Crippen LogP contribution in [0.5, 0.6) is 5.75 Å². The molecule has 3 heteroatoms. The second-order valence-corrected chi connectivity index (χ2v) is 5.06. The van der Waals surface area contributed by atoms with Crippen molar-refractivity contribution < 1.29 is 9.53 Å². The maximum absolute atomic E-state index is 12.2. The fourth-order valence-electron chi connectivity index (χ4n) is 2.09. The minimum Gasteiger partial charge on any atom is -0.494 e. The molecule has 0 saturated heterocycles. The van der Waals surface area contributed by atoms with E-state index in [0.29, 0.717) is 12.2 Å². The lowest BCUT2D eigenvalue weighted by Crippen LogP contribution is -2.26. The predicted molar refractivity (Wildman–Crippen MR) is 84.7 cm³/mol. The molecular weight excluding hydrogens is 262 g/mol. The molecule has 0 aromatic heterocycles. The lowest BCUT2D eigenvalue weighted by molar-refractivity contribution is 0.0940. The summed E-state index contributed by atoms with van der Waals surface area (Å²) in [6.45, 7) is 6.59. The smallest absolute Gasteiger partial charge is 0.251 e. The molecule has 1 atom stereocenters. The summed E-state index contributed by atoms with van der Waals surface area (Å²) in [4.78, 5) is 12.2. The number of hydrogen-bond donors (Lipinski definition) is 1. The molecule has 0 aliphatic heterocycles. The Balaban J connectivity index is 2.01. The number of rotatable bonds is 5. The van der Waals surface area contributed by atoms with Crippen molar-refractivity contribution in [3.05, 3.63) is 65.2 Å². The van der Waals surface area contributed by atoms with Gasteiger partial charge in [-0.05, 0) is 50.6 Å². The van der Waals surface area contributed by atoms with Crippen molar-refractivity contribution in [1.82, 2.24) is 5.32 Å². The zero-order chi connectivity index (χ0) is 15.2. The van der Waals surface area contributed by atoms with Crippen LogP contribution in [-0.4, -0.2) is 12.5 Å². The molecule has 21 heavy (non-hydrogen) atoms. The van der Waals surface area contributed by atoms with E-state index < -0.39 is 0 Å². The molecule has 1 N–H and O–H groups in total. The largest absolute Gasteiger partial charge is 0.494 e. The SMILES string of the molecule is CCOc1ccc([C@H](C)NC(=O)c2ccc(C)cc2)cc1. The Kier molecular flexibility index (Phi) is 4.99. The summed E-state index contributed by atoms with van der Waals surface area (Å²) in [5.41, 5.74) is 2.88. The standard InChI is InChI=1S/C18H21NO2/c1-4-21-17-11-9-15(10-12-17)14(3)19-18(20)16-7-5-13(2)6-8-16/h5-12,14H,4H2,1-3H3,(H,19,20)/t14-/m0/s1. The summed E-state index contributed by atoms with van der Waals surface area (Å²) >= 11 is 0. The Bertz CT molecular complexity index is 588. The van der Waals surface area contributed by atoms with Crippen LogP contribution in [0.1, 0.15) is 41.4 Å². The van der Waals surface area contributed by atoms with E-state index in [2.05, 4.69) is 5.32 Å². The second-order valence-electron chi connectivity index (χ2n) is 5.06. The Morgan fingerprint density at radius 1 is 1.10 bits per heavy atom. The van der Waals surface area contributed by atoms with Crippen LogP contribution < -0.4 is 10.1 Å². The molecule has 0 spiro atoms. The number of carbonyl (C=O) groups is 1. The van der Waals surface area contributed by atoms with Gasteiger partial charge in [0.25, 0.3) is 5.91 Å². The summed E-state index contributed by atoms with van der Waals surface area (Å²) in [6.07, 6.45) is 0. The van der Waals surface area contributed by atoms with E-state index in [1.807, 2.05) is 69.3 Å². The average molecular weight is 283 g/mol. The lowest BCUT2D eigenvalue weighted by Gasteiger charge is -2.15. The molecule has 0 heterocycles. The van der Waals surface area contributed by atoms with Crippen LogP contribution in [0.4, 0.5) is 0 Å². The first-order chi connectivity index (χ1) is 10.1. The number of ether oxygens (including phenoxy) is 1. The van der Waals surface area contributed by atoms with E-state index in [0.717, 1.165) is 16.9 Å². The van der Waals surface area contributed by atoms with Gasteiger partial charge in [-0.2, -0.15) is 0 Å². The molecular formula is C18H21NO2. The third-order valence-corrected chi connectivity index (χ3v) is 3.35. The van der Waals surface area contributed by atoms with Crippen LogP contribution in [0, 0.1) is 6.92 Å². The van der Waals surface area contributed by atoms with Gasteiger partial charge in [0.15, 0.2) is 0 Å². The van der Waals surface area contributed by atoms with Gasteiger partial charge in [0.2, 0.25) is 0 Å². The summed E-state index contributed by atoms with van der Waals surface area (Å²) in [5, 5.41) is 3.00. The number of aryl methyl sites for hydroxylation is 1. The molecule has 0 radical (unpaired) electrons. The quantitative estimate of drug-likeness (QED) is 0.904. The Morgan fingerprint density at radius 2 is 1.71 bits per heavy atom. The number of benzene rings is 2. The maximum Gasteiger partial charge on any atom is 0.251 e. The van der Waals surface area contributed by atoms with Crippen LogP contribution in [0.25, 0.3) is 0 Å². The highest BCUT2D eigenvalue weighted by Gasteiger charge is 2.11. The second kappa shape index (κ2) is 6.93. The minimum atomic E-state index is -0.0589. The highest BCUT2D eigenvalue weighted by molar-refractivity contribution is 5.94. The first-order valence-corrected chi connectivity index (χ1v) is 7.20. The third-order valence-electron chi connectivity index (χ3n) is 3.35. The van der Waals surface area contributed by atoms with Gasteiger partial charge >= 0.3 is 0 Å². The first-order valence-electron chi connectivity index (χ1n) is 7.20. The van der Waals surface area contributed by atoms with Crippen LogP contribution in [0.3, 0.4) is 0 Å². The predicted octanol–water partition coefficient (Wildman–Crippen LogP) is 3.88. The summed E-state index contributed by atoms with van der Waals surface area (Å²) in [6, 6.07) is 15.3. The minimum absolute atomic E-state index is 0.0468. The van der Waals surface area contributed by atoms with E-state index in [9.17, 15) is 4.79 Å². The molecule has 2 aromatic rings. The van der Waals surface area contributed by atoms with Crippen molar-refractivity contribution >= 4 is 5.91 Å². The third kappa shape index (κ3) is 4.09. The van der Waals surface area contributed by atoms with E-state index in [1.54, 1.807) is 0 Å². The average Bonchev–Trinajstić information content (AvgIpc) is 2.49. The summed E-state index contributed by atoms with van der Waals surface area (Å²) < 4.78 is 5.41. The van der Waals surface area contributed by atoms with Crippen molar-refractivity contribution in [3.8, 4) is 5.75 Å². The van der Waals surface area contributed by atoms with Gasteiger partial charge in [-0.15, -0.1) is 0 Å². The first kappa shape index (κ1) is 15.1. The zero-order valence-electron chi connectivity index (χ0n) is 12.7. The van der Waals surface area contributed by atoms with Crippen LogP contribution in [0.15, 0.2) is 48.5 Å². The molecule has 110 valence electrons. The fraction of sp³-hybridized carbons (Fsp3) is 0.278. The molecule has 0 aliphatic carbocycles. The Hall–Kier alpha value is -2.29. The van der Waals surface area contributed by atoms with Crippen molar-refractivity contribution in [3.63, 3.8) is 0 Å². The topological polar surface area (TPSA) is 38.3 Å². The normalized spacial score (nSPS) is 11.8. The molecule has 1 amide bonds. The molecule has 0 unspecified atom stereocenters. The molecule has 2 rings (SSSR count). The van der Waals surface area contributed by atoms with Gasteiger partial charge in [0.05, 0.1) is 12.6 Å². The van der Waals surface area contributed by atoms with E-state index >= 15 is 0 Å². The monoisotopic (exact) mass is 283 g/mol. The highest BCUT2D eigenvalue weighted by Crippen LogP contribution is 2.18. The van der Waals surface area contributed by atoms with Crippen molar-refractivity contribution in [2.75, 3.05) is 6.61 Å². The van der Waals surface area contributed by atoms with Crippen molar-refractivity contribution in [1.29, 1.82) is 0 Å². The van der Waals surface area contributed by atoms with Crippen molar-refractivity contribution in [2.24, 2.45) is 0 Å². The van der Waals surface area contributed by atoms with Gasteiger partial charge in [0.1, 0.15) is 5.75 Å². The van der Waals surface area contributed by atoms with E-state index in [4.69, 9.17) is 4.74 Å². The van der Waals surface area contributed by atoms with E-state index in [-0.39, 0.29) is 11.9 Å². The number of amides is 1. The van der Waals surface area contributed by atoms with Crippen LogP contribution >= 0.6 is 0 Å². The fourth-order valence-corrected chi connectivity index (χ4v) is 2.09. The highest BCUT2D eigenvalue weighted by atomic mass is 16.5. The van der Waals surface area contributed by atoms with Gasteiger partial charge in [0, 0.05) is 5.56 Å². The molecule has 2 aromatic carbocycles. The summed E-state index contributed by atoms with van der Waals surface area (Å²) in [5.74, 6) is 0.787. The van der Waals surface area contributed by atoms with E-state index in [1.165, 1.54) is 0 Å². The lowest BCUT2D eigenvalue weighted by atomic mass is 10.1. The molecule has 0 saturated carbocycles. The van der Waals surface area contributed by atoms with Gasteiger partial charge in [-0.25, -0.2) is 0 Å². The van der Waals surface area contributed by atoms with Crippen molar-refractivity contribution in [2.45, 2.75) is 26.8 Å². The molecule has 0 aliphatic rings. The zero-order valence-corrected chi connectivity index (χ0v) is 12.7. The summed E-state index contributed by atoms with van der Waals surface area (Å²) in [7, 11) is 0. The molecule has 0 bridgehead atoms. The number of nitrogens with one attached hydrogen (secondary N) is 1.